The molecule has 154 valence electrons. The van der Waals surface area contributed by atoms with Gasteiger partial charge in [-0.15, -0.1) is 0 Å². The fourth-order valence-electron chi connectivity index (χ4n) is 3.40. The third kappa shape index (κ3) is 5.26. The lowest BCUT2D eigenvalue weighted by molar-refractivity contribution is -0.152. The minimum atomic E-state index is -1.71. The van der Waals surface area contributed by atoms with Crippen LogP contribution < -0.4 is 10.8 Å². The number of benzene rings is 1. The van der Waals surface area contributed by atoms with Crippen molar-refractivity contribution in [2.24, 2.45) is 5.92 Å². The predicted molar refractivity (Wildman–Crippen MR) is 98.7 cm³/mol. The molecule has 8 nitrogen and oxygen atoms in total. The molecule has 4 N–H and O–H groups in total. The molecule has 1 aromatic carbocycles. The number of hydroxylamine groups is 1. The summed E-state index contributed by atoms with van der Waals surface area (Å²) in [4.78, 5) is 38.6. The molecular weight excluding hydrogens is 369 g/mol. The molecular formula is C19H26FN3O5. The maximum absolute atomic E-state index is 13.3. The Morgan fingerprint density at radius 3 is 2.75 bits per heavy atom. The highest BCUT2D eigenvalue weighted by Gasteiger charge is 2.41. The van der Waals surface area contributed by atoms with E-state index < -0.39 is 41.6 Å². The van der Waals surface area contributed by atoms with Crippen LogP contribution in [0.3, 0.4) is 0 Å². The van der Waals surface area contributed by atoms with Gasteiger partial charge in [0, 0.05) is 12.2 Å². The van der Waals surface area contributed by atoms with Crippen LogP contribution in [0.2, 0.25) is 0 Å². The zero-order chi connectivity index (χ0) is 20.7. The molecule has 1 fully saturated rings. The highest BCUT2D eigenvalue weighted by molar-refractivity contribution is 5.98. The molecule has 0 saturated carbocycles. The number of nitrogens with one attached hydrogen (secondary N) is 2. The van der Waals surface area contributed by atoms with Gasteiger partial charge in [0.05, 0.1) is 5.92 Å². The molecule has 0 aromatic heterocycles. The minimum Gasteiger partial charge on any atom is -0.382 e. The molecule has 1 saturated heterocycles. The zero-order valence-electron chi connectivity index (χ0n) is 15.7. The predicted octanol–water partition coefficient (Wildman–Crippen LogP) is 1.43. The second-order valence-corrected chi connectivity index (χ2v) is 6.86. The number of amides is 3. The summed E-state index contributed by atoms with van der Waals surface area (Å²) < 4.78 is 13.3. The maximum Gasteiger partial charge on any atom is 0.272 e. The van der Waals surface area contributed by atoms with Crippen molar-refractivity contribution in [1.82, 2.24) is 10.4 Å². The number of anilines is 1. The molecule has 0 aliphatic carbocycles. The number of rotatable bonds is 8. The normalized spacial score (nSPS) is 18.4. The third-order valence-corrected chi connectivity index (χ3v) is 4.88. The number of nitrogens with zero attached hydrogens (tertiary/aromatic N) is 1. The van der Waals surface area contributed by atoms with E-state index >= 15 is 0 Å². The summed E-state index contributed by atoms with van der Waals surface area (Å²) in [6.45, 7) is 2.22. The Morgan fingerprint density at radius 1 is 1.36 bits per heavy atom. The van der Waals surface area contributed by atoms with Gasteiger partial charge in [-0.1, -0.05) is 25.8 Å². The van der Waals surface area contributed by atoms with Crippen molar-refractivity contribution < 1.29 is 29.1 Å². The van der Waals surface area contributed by atoms with Crippen LogP contribution in [0.25, 0.3) is 0 Å². The van der Waals surface area contributed by atoms with Gasteiger partial charge in [-0.05, 0) is 37.5 Å². The Kier molecular flexibility index (Phi) is 7.89. The number of aliphatic hydroxyl groups excluding tert-OH is 1. The highest BCUT2D eigenvalue weighted by atomic mass is 19.1. The van der Waals surface area contributed by atoms with E-state index in [4.69, 9.17) is 5.21 Å². The number of halogens is 1. The van der Waals surface area contributed by atoms with Gasteiger partial charge in [0.25, 0.3) is 5.91 Å². The molecule has 28 heavy (non-hydrogen) atoms. The third-order valence-electron chi connectivity index (χ3n) is 4.88. The number of hydrogen-bond acceptors (Lipinski definition) is 5. The summed E-state index contributed by atoms with van der Waals surface area (Å²) in [7, 11) is 0. The molecule has 1 aliphatic rings. The molecule has 3 amide bonds. The Labute approximate surface area is 162 Å². The van der Waals surface area contributed by atoms with Crippen molar-refractivity contribution >= 4 is 23.4 Å². The highest BCUT2D eigenvalue weighted by Crippen LogP contribution is 2.25. The van der Waals surface area contributed by atoms with Crippen molar-refractivity contribution in [3.05, 3.63) is 30.1 Å². The monoisotopic (exact) mass is 395 g/mol. The van der Waals surface area contributed by atoms with Crippen LogP contribution >= 0.6 is 0 Å². The molecule has 0 unspecified atom stereocenters. The second-order valence-electron chi connectivity index (χ2n) is 6.86. The first kappa shape index (κ1) is 21.8. The lowest BCUT2D eigenvalue weighted by atomic mass is 9.93. The van der Waals surface area contributed by atoms with Gasteiger partial charge in [-0.2, -0.15) is 0 Å². The van der Waals surface area contributed by atoms with E-state index in [1.165, 1.54) is 28.6 Å². The number of carbonyl (C=O) groups excluding carboxylic acids is 3. The number of unbranched alkanes of at least 4 members (excludes halogenated alkanes) is 1. The van der Waals surface area contributed by atoms with E-state index in [-0.39, 0.29) is 12.1 Å². The number of aliphatic hydroxyl groups is 1. The standard InChI is InChI=1S/C19H26FN3O5/c1-2-3-8-14(16(24)18(26)22-28)19(27)23-10-5-9-15(23)17(25)21-13-7-4-6-12(20)11-13/h4,6-7,11,14-16,24,28H,2-3,5,8-10H2,1H3,(H,21,25)(H,22,26)/t14-,15+,16+/m1/s1. The summed E-state index contributed by atoms with van der Waals surface area (Å²) in [5.74, 6) is -3.58. The summed E-state index contributed by atoms with van der Waals surface area (Å²) >= 11 is 0. The molecule has 1 heterocycles. The van der Waals surface area contributed by atoms with Gasteiger partial charge in [0.1, 0.15) is 18.0 Å². The van der Waals surface area contributed by atoms with Crippen LogP contribution in [0.4, 0.5) is 10.1 Å². The van der Waals surface area contributed by atoms with Gasteiger partial charge in [-0.25, -0.2) is 9.87 Å². The smallest absolute Gasteiger partial charge is 0.272 e. The van der Waals surface area contributed by atoms with Crippen molar-refractivity contribution in [3.63, 3.8) is 0 Å². The van der Waals surface area contributed by atoms with Crippen molar-refractivity contribution in [2.75, 3.05) is 11.9 Å². The van der Waals surface area contributed by atoms with Crippen molar-refractivity contribution in [2.45, 2.75) is 51.2 Å². The van der Waals surface area contributed by atoms with Crippen LogP contribution in [0.15, 0.2) is 24.3 Å². The summed E-state index contributed by atoms with van der Waals surface area (Å²) in [5, 5.41) is 21.5. The van der Waals surface area contributed by atoms with E-state index in [0.29, 0.717) is 25.8 Å². The molecule has 0 radical (unpaired) electrons. The van der Waals surface area contributed by atoms with Crippen LogP contribution in [0.5, 0.6) is 0 Å². The first-order valence-electron chi connectivity index (χ1n) is 9.38. The summed E-state index contributed by atoms with van der Waals surface area (Å²) in [5.41, 5.74) is 1.65. The van der Waals surface area contributed by atoms with Crippen molar-refractivity contribution in [1.29, 1.82) is 0 Å². The van der Waals surface area contributed by atoms with Gasteiger partial charge < -0.3 is 15.3 Å². The topological polar surface area (TPSA) is 119 Å². The van der Waals surface area contributed by atoms with Gasteiger partial charge in [-0.3, -0.25) is 19.6 Å². The van der Waals surface area contributed by atoms with E-state index in [9.17, 15) is 23.9 Å². The Morgan fingerprint density at radius 2 is 2.11 bits per heavy atom. The van der Waals surface area contributed by atoms with Crippen LogP contribution in [0, 0.1) is 11.7 Å². The van der Waals surface area contributed by atoms with E-state index in [1.807, 2.05) is 6.92 Å². The maximum atomic E-state index is 13.3. The molecule has 0 bridgehead atoms. The lowest BCUT2D eigenvalue weighted by Gasteiger charge is -2.30. The lowest BCUT2D eigenvalue weighted by Crippen LogP contribution is -2.50. The van der Waals surface area contributed by atoms with E-state index in [0.717, 1.165) is 6.42 Å². The number of carbonyl (C=O) groups is 3. The van der Waals surface area contributed by atoms with E-state index in [2.05, 4.69) is 5.32 Å². The molecule has 2 rings (SSSR count). The summed E-state index contributed by atoms with van der Waals surface area (Å²) in [6, 6.07) is 4.67. The first-order chi connectivity index (χ1) is 13.4. The first-order valence-corrected chi connectivity index (χ1v) is 9.38. The zero-order valence-corrected chi connectivity index (χ0v) is 15.7. The average molecular weight is 395 g/mol. The van der Waals surface area contributed by atoms with Crippen molar-refractivity contribution in [3.8, 4) is 0 Å². The SMILES string of the molecule is CCCC[C@@H](C(=O)N1CCC[C@H]1C(=O)Nc1cccc(F)c1)[C@H](O)C(=O)NO. The largest absolute Gasteiger partial charge is 0.382 e. The fourth-order valence-corrected chi connectivity index (χ4v) is 3.40. The molecule has 9 heteroatoms. The Bertz CT molecular complexity index is 715. The Balaban J connectivity index is 2.14. The minimum absolute atomic E-state index is 0.249. The van der Waals surface area contributed by atoms with Crippen LogP contribution in [-0.4, -0.2) is 51.6 Å². The quantitative estimate of drug-likeness (QED) is 0.392. The van der Waals surface area contributed by atoms with Crippen LogP contribution in [-0.2, 0) is 14.4 Å². The molecule has 1 aliphatic heterocycles. The summed E-state index contributed by atoms with van der Waals surface area (Å²) in [6.07, 6.45) is 0.905. The van der Waals surface area contributed by atoms with Gasteiger partial charge >= 0.3 is 0 Å². The molecule has 1 aromatic rings. The molecule has 0 spiro atoms. The van der Waals surface area contributed by atoms with Crippen LogP contribution in [0.1, 0.15) is 39.0 Å². The molecule has 3 atom stereocenters. The second kappa shape index (κ2) is 10.1. The van der Waals surface area contributed by atoms with E-state index in [1.54, 1.807) is 6.07 Å². The number of likely N-dealkylation sites (tertiary alicyclic amines) is 1. The fraction of sp³-hybridized carbons (Fsp3) is 0.526. The average Bonchev–Trinajstić information content (AvgIpc) is 3.17. The number of hydrogen-bond donors (Lipinski definition) is 4. The Hall–Kier alpha value is -2.52. The van der Waals surface area contributed by atoms with Gasteiger partial charge in [0.15, 0.2) is 0 Å². The van der Waals surface area contributed by atoms with Gasteiger partial charge in [0.2, 0.25) is 11.8 Å².